The molecule has 1 saturated carbocycles. The summed E-state index contributed by atoms with van der Waals surface area (Å²) in [6.45, 7) is 4.49. The molecular formula is C16H25NO. The molecule has 1 N–H and O–H groups in total. The van der Waals surface area contributed by atoms with E-state index in [1.165, 1.54) is 11.3 Å². The van der Waals surface area contributed by atoms with Crippen LogP contribution in [0.1, 0.15) is 51.0 Å². The van der Waals surface area contributed by atoms with Crippen molar-refractivity contribution < 1.29 is 5.11 Å². The number of hydrogen-bond donors (Lipinski definition) is 1. The Balaban J connectivity index is 2.15. The van der Waals surface area contributed by atoms with Crippen LogP contribution in [-0.2, 0) is 0 Å². The lowest BCUT2D eigenvalue weighted by Gasteiger charge is -2.36. The predicted octanol–water partition coefficient (Wildman–Crippen LogP) is 3.55. The van der Waals surface area contributed by atoms with Gasteiger partial charge in [0.1, 0.15) is 0 Å². The zero-order valence-corrected chi connectivity index (χ0v) is 11.8. The molecule has 1 aromatic rings. The van der Waals surface area contributed by atoms with Gasteiger partial charge in [0.25, 0.3) is 0 Å². The lowest BCUT2D eigenvalue weighted by molar-refractivity contribution is 0.122. The Morgan fingerprint density at radius 3 is 2.33 bits per heavy atom. The van der Waals surface area contributed by atoms with E-state index in [0.29, 0.717) is 12.0 Å². The molecule has 0 aromatic heterocycles. The monoisotopic (exact) mass is 247 g/mol. The third kappa shape index (κ3) is 2.86. The highest BCUT2D eigenvalue weighted by Gasteiger charge is 2.24. The van der Waals surface area contributed by atoms with E-state index in [-0.39, 0.29) is 6.10 Å². The normalized spacial score (nSPS) is 24.3. The van der Waals surface area contributed by atoms with Crippen LogP contribution in [0.25, 0.3) is 0 Å². The quantitative estimate of drug-likeness (QED) is 0.883. The molecule has 0 radical (unpaired) electrons. The molecule has 18 heavy (non-hydrogen) atoms. The van der Waals surface area contributed by atoms with Crippen molar-refractivity contribution in [2.24, 2.45) is 0 Å². The van der Waals surface area contributed by atoms with Crippen LogP contribution in [0.3, 0.4) is 0 Å². The summed E-state index contributed by atoms with van der Waals surface area (Å²) < 4.78 is 0. The molecule has 0 unspecified atom stereocenters. The van der Waals surface area contributed by atoms with Gasteiger partial charge in [-0.05, 0) is 43.2 Å². The molecule has 0 amide bonds. The summed E-state index contributed by atoms with van der Waals surface area (Å²) in [5, 5.41) is 9.60. The van der Waals surface area contributed by atoms with Crippen LogP contribution in [0.5, 0.6) is 0 Å². The zero-order valence-electron chi connectivity index (χ0n) is 11.8. The van der Waals surface area contributed by atoms with Crippen LogP contribution in [-0.4, -0.2) is 24.3 Å². The third-order valence-electron chi connectivity index (χ3n) is 4.15. The molecular weight excluding hydrogens is 222 g/mol. The third-order valence-corrected chi connectivity index (χ3v) is 4.15. The van der Waals surface area contributed by atoms with Gasteiger partial charge in [-0.3, -0.25) is 0 Å². The minimum Gasteiger partial charge on any atom is -0.393 e. The van der Waals surface area contributed by atoms with Crippen molar-refractivity contribution in [2.45, 2.75) is 57.6 Å². The van der Waals surface area contributed by atoms with Crippen molar-refractivity contribution in [1.82, 2.24) is 0 Å². The summed E-state index contributed by atoms with van der Waals surface area (Å²) in [5.41, 5.74) is 2.78. The average Bonchev–Trinajstić information content (AvgIpc) is 2.39. The number of rotatable bonds is 3. The van der Waals surface area contributed by atoms with Crippen LogP contribution < -0.4 is 4.90 Å². The van der Waals surface area contributed by atoms with Crippen LogP contribution >= 0.6 is 0 Å². The molecule has 1 fully saturated rings. The van der Waals surface area contributed by atoms with Crippen LogP contribution in [0, 0.1) is 0 Å². The highest BCUT2D eigenvalue weighted by molar-refractivity contribution is 5.55. The van der Waals surface area contributed by atoms with E-state index in [4.69, 9.17) is 0 Å². The highest BCUT2D eigenvalue weighted by Crippen LogP contribution is 2.31. The van der Waals surface area contributed by atoms with Crippen LogP contribution in [0.4, 0.5) is 5.69 Å². The number of aliphatic hydroxyl groups excluding tert-OH is 1. The first-order valence-electron chi connectivity index (χ1n) is 7.09. The first kappa shape index (κ1) is 13.4. The highest BCUT2D eigenvalue weighted by atomic mass is 16.3. The molecule has 100 valence electrons. The van der Waals surface area contributed by atoms with Crippen molar-refractivity contribution in [1.29, 1.82) is 0 Å². The van der Waals surface area contributed by atoms with E-state index in [0.717, 1.165) is 25.7 Å². The number of aliphatic hydroxyl groups is 1. The van der Waals surface area contributed by atoms with Crippen molar-refractivity contribution in [3.63, 3.8) is 0 Å². The topological polar surface area (TPSA) is 23.5 Å². The maximum absolute atomic E-state index is 9.60. The Hall–Kier alpha value is -1.02. The second-order valence-corrected chi connectivity index (χ2v) is 5.79. The molecule has 0 aliphatic heterocycles. The molecule has 1 aliphatic rings. The summed E-state index contributed by atoms with van der Waals surface area (Å²) in [7, 11) is 2.20. The molecule has 0 heterocycles. The lowest BCUT2D eigenvalue weighted by Crippen LogP contribution is -2.36. The second kappa shape index (κ2) is 5.75. The minimum atomic E-state index is -0.0741. The van der Waals surface area contributed by atoms with Gasteiger partial charge in [0, 0.05) is 18.8 Å². The molecule has 1 aliphatic carbocycles. The van der Waals surface area contributed by atoms with Gasteiger partial charge in [-0.1, -0.05) is 32.0 Å². The van der Waals surface area contributed by atoms with Gasteiger partial charge < -0.3 is 10.0 Å². The Morgan fingerprint density at radius 1 is 1.11 bits per heavy atom. The summed E-state index contributed by atoms with van der Waals surface area (Å²) in [5.74, 6) is 0.554. The fraction of sp³-hybridized carbons (Fsp3) is 0.625. The molecule has 0 bridgehead atoms. The number of hydrogen-bond acceptors (Lipinski definition) is 2. The molecule has 0 atom stereocenters. The van der Waals surface area contributed by atoms with Crippen molar-refractivity contribution in [3.8, 4) is 0 Å². The Morgan fingerprint density at radius 2 is 1.72 bits per heavy atom. The van der Waals surface area contributed by atoms with E-state index in [2.05, 4.69) is 50.1 Å². The average molecular weight is 247 g/mol. The Labute approximate surface area is 111 Å². The van der Waals surface area contributed by atoms with E-state index >= 15 is 0 Å². The first-order chi connectivity index (χ1) is 8.59. The maximum atomic E-state index is 9.60. The lowest BCUT2D eigenvalue weighted by atomic mass is 9.91. The summed E-state index contributed by atoms with van der Waals surface area (Å²) >= 11 is 0. The molecule has 2 heteroatoms. The van der Waals surface area contributed by atoms with Crippen molar-refractivity contribution in [2.75, 3.05) is 11.9 Å². The van der Waals surface area contributed by atoms with Gasteiger partial charge in [0.15, 0.2) is 0 Å². The summed E-state index contributed by atoms with van der Waals surface area (Å²) in [4.78, 5) is 2.42. The maximum Gasteiger partial charge on any atom is 0.0541 e. The van der Waals surface area contributed by atoms with Gasteiger partial charge in [-0.2, -0.15) is 0 Å². The first-order valence-corrected chi connectivity index (χ1v) is 7.09. The fourth-order valence-electron chi connectivity index (χ4n) is 2.94. The van der Waals surface area contributed by atoms with Gasteiger partial charge >= 0.3 is 0 Å². The van der Waals surface area contributed by atoms with Crippen molar-refractivity contribution in [3.05, 3.63) is 29.8 Å². The Bertz CT molecular complexity index is 380. The van der Waals surface area contributed by atoms with Crippen LogP contribution in [0.2, 0.25) is 0 Å². The zero-order chi connectivity index (χ0) is 13.1. The SMILES string of the molecule is CC(C)c1ccccc1N(C)C1CCC(O)CC1. The predicted molar refractivity (Wildman–Crippen MR) is 77.2 cm³/mol. The molecule has 0 saturated heterocycles. The number of nitrogens with zero attached hydrogens (tertiary/aromatic N) is 1. The largest absolute Gasteiger partial charge is 0.393 e. The summed E-state index contributed by atoms with van der Waals surface area (Å²) in [6.07, 6.45) is 4.02. The smallest absolute Gasteiger partial charge is 0.0541 e. The second-order valence-electron chi connectivity index (χ2n) is 5.79. The van der Waals surface area contributed by atoms with E-state index in [9.17, 15) is 5.11 Å². The van der Waals surface area contributed by atoms with E-state index in [1.807, 2.05) is 0 Å². The van der Waals surface area contributed by atoms with E-state index < -0.39 is 0 Å². The van der Waals surface area contributed by atoms with Gasteiger partial charge in [0.2, 0.25) is 0 Å². The van der Waals surface area contributed by atoms with Crippen molar-refractivity contribution >= 4 is 5.69 Å². The van der Waals surface area contributed by atoms with Gasteiger partial charge in [-0.15, -0.1) is 0 Å². The minimum absolute atomic E-state index is 0.0741. The molecule has 2 nitrogen and oxygen atoms in total. The molecule has 2 rings (SSSR count). The molecule has 1 aromatic carbocycles. The summed E-state index contributed by atoms with van der Waals surface area (Å²) in [6, 6.07) is 9.27. The van der Waals surface area contributed by atoms with Crippen LogP contribution in [0.15, 0.2) is 24.3 Å². The number of anilines is 1. The number of para-hydroxylation sites is 1. The van der Waals surface area contributed by atoms with Gasteiger partial charge in [0.05, 0.1) is 6.10 Å². The van der Waals surface area contributed by atoms with Gasteiger partial charge in [-0.25, -0.2) is 0 Å². The standard InChI is InChI=1S/C16H25NO/c1-12(2)15-6-4-5-7-16(15)17(3)13-8-10-14(18)11-9-13/h4-7,12-14,18H,8-11H2,1-3H3. The fourth-order valence-corrected chi connectivity index (χ4v) is 2.94. The number of benzene rings is 1. The Kier molecular flexibility index (Phi) is 4.28. The van der Waals surface area contributed by atoms with E-state index in [1.54, 1.807) is 0 Å². The molecule has 0 spiro atoms.